The van der Waals surface area contributed by atoms with E-state index in [1.54, 1.807) is 6.20 Å². The molecular weight excluding hydrogens is 184 g/mol. The minimum absolute atomic E-state index is 0.0754. The molecule has 0 bridgehead atoms. The largest absolute Gasteiger partial charge is 0.348 e. The van der Waals surface area contributed by atoms with Crippen LogP contribution in [0.3, 0.4) is 0 Å². The van der Waals surface area contributed by atoms with Crippen molar-refractivity contribution in [3.63, 3.8) is 0 Å². The van der Waals surface area contributed by atoms with Gasteiger partial charge in [0.15, 0.2) is 0 Å². The van der Waals surface area contributed by atoms with Crippen molar-refractivity contribution >= 4 is 17.2 Å². The average molecular weight is 196 g/mol. The Kier molecular flexibility index (Phi) is 3.19. The molecule has 0 atom stereocenters. The lowest BCUT2D eigenvalue weighted by molar-refractivity contribution is 0.0961. The zero-order chi connectivity index (χ0) is 9.84. The molecule has 0 aliphatic carbocycles. The van der Waals surface area contributed by atoms with Crippen molar-refractivity contribution < 1.29 is 4.79 Å². The summed E-state index contributed by atoms with van der Waals surface area (Å²) in [5.74, 6) is -0.0754. The van der Waals surface area contributed by atoms with Crippen LogP contribution in [0.1, 0.15) is 21.6 Å². The Morgan fingerprint density at radius 1 is 1.77 bits per heavy atom. The molecule has 0 saturated carbocycles. The van der Waals surface area contributed by atoms with E-state index in [1.807, 2.05) is 13.8 Å². The average Bonchev–Trinajstić information content (AvgIpc) is 2.47. The fourth-order valence-corrected chi connectivity index (χ4v) is 1.48. The van der Waals surface area contributed by atoms with Crippen molar-refractivity contribution in [2.45, 2.75) is 13.8 Å². The van der Waals surface area contributed by atoms with Crippen molar-refractivity contribution in [3.8, 4) is 0 Å². The second-order valence-corrected chi connectivity index (χ2v) is 4.12. The van der Waals surface area contributed by atoms with Crippen LogP contribution in [0.2, 0.25) is 0 Å². The summed E-state index contributed by atoms with van der Waals surface area (Å²) in [6.45, 7) is 7.97. The Hall–Kier alpha value is -1.16. The molecule has 0 saturated heterocycles. The van der Waals surface area contributed by atoms with Crippen molar-refractivity contribution in [1.82, 2.24) is 10.3 Å². The predicted octanol–water partition coefficient (Wildman–Crippen LogP) is 1.76. The number of amides is 1. The molecule has 0 radical (unpaired) electrons. The highest BCUT2D eigenvalue weighted by Crippen LogP contribution is 2.10. The Morgan fingerprint density at radius 3 is 2.92 bits per heavy atom. The van der Waals surface area contributed by atoms with Crippen LogP contribution in [0.5, 0.6) is 0 Å². The first-order valence-electron chi connectivity index (χ1n) is 3.94. The molecule has 0 aromatic carbocycles. The molecular formula is C9H12N2OS. The third-order valence-electron chi connectivity index (χ3n) is 1.40. The van der Waals surface area contributed by atoms with E-state index < -0.39 is 0 Å². The fourth-order valence-electron chi connectivity index (χ4n) is 0.785. The second-order valence-electron chi connectivity index (χ2n) is 2.88. The quantitative estimate of drug-likeness (QED) is 0.748. The van der Waals surface area contributed by atoms with Crippen LogP contribution in [0, 0.1) is 6.92 Å². The van der Waals surface area contributed by atoms with Gasteiger partial charge in [0.05, 0.1) is 11.2 Å². The van der Waals surface area contributed by atoms with Gasteiger partial charge < -0.3 is 5.32 Å². The zero-order valence-electron chi connectivity index (χ0n) is 7.76. The lowest BCUT2D eigenvalue weighted by Gasteiger charge is -2.00. The predicted molar refractivity (Wildman–Crippen MR) is 54.0 cm³/mol. The fraction of sp³-hybridized carbons (Fsp3) is 0.333. The number of nitrogens with zero attached hydrogens (tertiary/aromatic N) is 1. The maximum Gasteiger partial charge on any atom is 0.263 e. The van der Waals surface area contributed by atoms with Gasteiger partial charge in [0.1, 0.15) is 4.88 Å². The SMILES string of the molecule is C=C(C)CNC(=O)c1cnc(C)s1. The number of thiazole rings is 1. The van der Waals surface area contributed by atoms with E-state index in [9.17, 15) is 4.79 Å². The highest BCUT2D eigenvalue weighted by molar-refractivity contribution is 7.13. The second kappa shape index (κ2) is 4.18. The number of aromatic nitrogens is 1. The topological polar surface area (TPSA) is 42.0 Å². The first-order valence-corrected chi connectivity index (χ1v) is 4.76. The van der Waals surface area contributed by atoms with Gasteiger partial charge in [-0.05, 0) is 13.8 Å². The van der Waals surface area contributed by atoms with Crippen LogP contribution >= 0.6 is 11.3 Å². The number of carbonyl (C=O) groups is 1. The lowest BCUT2D eigenvalue weighted by Crippen LogP contribution is -2.23. The molecule has 13 heavy (non-hydrogen) atoms. The van der Waals surface area contributed by atoms with Gasteiger partial charge in [0.2, 0.25) is 0 Å². The summed E-state index contributed by atoms with van der Waals surface area (Å²) < 4.78 is 0. The van der Waals surface area contributed by atoms with Gasteiger partial charge in [-0.3, -0.25) is 4.79 Å². The molecule has 0 aliphatic rings. The van der Waals surface area contributed by atoms with Crippen LogP contribution in [-0.2, 0) is 0 Å². The standard InChI is InChI=1S/C9H12N2OS/c1-6(2)4-11-9(12)8-5-10-7(3)13-8/h5H,1,4H2,2-3H3,(H,11,12). The minimum Gasteiger partial charge on any atom is -0.348 e. The molecule has 1 heterocycles. The molecule has 4 heteroatoms. The summed E-state index contributed by atoms with van der Waals surface area (Å²) in [6.07, 6.45) is 1.59. The molecule has 0 fully saturated rings. The van der Waals surface area contributed by atoms with E-state index in [2.05, 4.69) is 16.9 Å². The first kappa shape index (κ1) is 9.92. The molecule has 70 valence electrons. The Balaban J connectivity index is 2.54. The lowest BCUT2D eigenvalue weighted by atomic mass is 10.3. The molecule has 0 spiro atoms. The monoisotopic (exact) mass is 196 g/mol. The molecule has 1 amide bonds. The summed E-state index contributed by atoms with van der Waals surface area (Å²) in [4.78, 5) is 16.0. The molecule has 1 aromatic rings. The van der Waals surface area contributed by atoms with Gasteiger partial charge >= 0.3 is 0 Å². The van der Waals surface area contributed by atoms with Crippen molar-refractivity contribution in [2.75, 3.05) is 6.54 Å². The summed E-state index contributed by atoms with van der Waals surface area (Å²) in [5, 5.41) is 3.65. The highest BCUT2D eigenvalue weighted by atomic mass is 32.1. The van der Waals surface area contributed by atoms with Crippen molar-refractivity contribution in [2.24, 2.45) is 0 Å². The van der Waals surface area contributed by atoms with E-state index >= 15 is 0 Å². The number of rotatable bonds is 3. The molecule has 0 aliphatic heterocycles. The Morgan fingerprint density at radius 2 is 2.46 bits per heavy atom. The van der Waals surface area contributed by atoms with Gasteiger partial charge in [-0.15, -0.1) is 11.3 Å². The third-order valence-corrected chi connectivity index (χ3v) is 2.31. The van der Waals surface area contributed by atoms with Crippen LogP contribution in [0.4, 0.5) is 0 Å². The van der Waals surface area contributed by atoms with E-state index in [0.29, 0.717) is 11.4 Å². The number of aryl methyl sites for hydroxylation is 1. The summed E-state index contributed by atoms with van der Waals surface area (Å²) in [5.41, 5.74) is 0.939. The maximum atomic E-state index is 11.4. The van der Waals surface area contributed by atoms with Crippen LogP contribution in [0.25, 0.3) is 0 Å². The molecule has 1 aromatic heterocycles. The van der Waals surface area contributed by atoms with E-state index in [0.717, 1.165) is 10.6 Å². The van der Waals surface area contributed by atoms with Gasteiger partial charge in [-0.25, -0.2) is 4.98 Å². The number of carbonyl (C=O) groups excluding carboxylic acids is 1. The van der Waals surface area contributed by atoms with Crippen molar-refractivity contribution in [1.29, 1.82) is 0 Å². The van der Waals surface area contributed by atoms with Gasteiger partial charge in [-0.2, -0.15) is 0 Å². The van der Waals surface area contributed by atoms with E-state index in [1.165, 1.54) is 11.3 Å². The normalized spacial score (nSPS) is 9.69. The summed E-state index contributed by atoms with van der Waals surface area (Å²) >= 11 is 1.39. The number of hydrogen-bond acceptors (Lipinski definition) is 3. The highest BCUT2D eigenvalue weighted by Gasteiger charge is 2.07. The molecule has 1 N–H and O–H groups in total. The number of nitrogens with one attached hydrogen (secondary N) is 1. The maximum absolute atomic E-state index is 11.4. The third kappa shape index (κ3) is 2.99. The van der Waals surface area contributed by atoms with Crippen LogP contribution in [0.15, 0.2) is 18.3 Å². The molecule has 3 nitrogen and oxygen atoms in total. The smallest absolute Gasteiger partial charge is 0.263 e. The van der Waals surface area contributed by atoms with Crippen LogP contribution < -0.4 is 5.32 Å². The zero-order valence-corrected chi connectivity index (χ0v) is 8.57. The molecule has 0 unspecified atom stereocenters. The Labute approximate surface area is 81.5 Å². The van der Waals surface area contributed by atoms with E-state index in [4.69, 9.17) is 0 Å². The summed E-state index contributed by atoms with van der Waals surface area (Å²) in [7, 11) is 0. The number of hydrogen-bond donors (Lipinski definition) is 1. The van der Waals surface area contributed by atoms with Gasteiger partial charge in [0, 0.05) is 6.54 Å². The Bertz CT molecular complexity index is 330. The minimum atomic E-state index is -0.0754. The van der Waals surface area contributed by atoms with E-state index in [-0.39, 0.29) is 5.91 Å². The van der Waals surface area contributed by atoms with Gasteiger partial charge in [0.25, 0.3) is 5.91 Å². The van der Waals surface area contributed by atoms with Gasteiger partial charge in [-0.1, -0.05) is 12.2 Å². The molecule has 1 rings (SSSR count). The van der Waals surface area contributed by atoms with Crippen LogP contribution in [-0.4, -0.2) is 17.4 Å². The first-order chi connectivity index (χ1) is 6.09. The van der Waals surface area contributed by atoms with Crippen molar-refractivity contribution in [3.05, 3.63) is 28.2 Å². The summed E-state index contributed by atoms with van der Waals surface area (Å²) in [6, 6.07) is 0.